The molecule has 0 aliphatic carbocycles. The predicted octanol–water partition coefficient (Wildman–Crippen LogP) is 3.25. The molecule has 82 valence electrons. The third kappa shape index (κ3) is 5.47. The molecule has 15 heavy (non-hydrogen) atoms. The van der Waals surface area contributed by atoms with Crippen molar-refractivity contribution in [2.75, 3.05) is 0 Å². The maximum atomic E-state index is 11.4. The van der Waals surface area contributed by atoms with Gasteiger partial charge in [-0.2, -0.15) is 0 Å². The first-order chi connectivity index (χ1) is 7.18. The number of rotatable bonds is 5. The monoisotopic (exact) mass is 223 g/mol. The molecule has 1 rings (SSSR count). The number of hydrogen-bond donors (Lipinski definition) is 1. The predicted molar refractivity (Wildman–Crippen MR) is 64.5 cm³/mol. The first-order valence-electron chi connectivity index (χ1n) is 5.19. The molecular formula is C12H17NOS. The molecule has 0 atom stereocenters. The van der Waals surface area contributed by atoms with E-state index in [1.165, 1.54) is 11.9 Å². The minimum absolute atomic E-state index is 0.109. The van der Waals surface area contributed by atoms with Crippen molar-refractivity contribution < 1.29 is 4.79 Å². The Balaban J connectivity index is 2.23. The average Bonchev–Trinajstić information content (AvgIpc) is 2.25. The lowest BCUT2D eigenvalue weighted by atomic mass is 10.1. The number of amides is 1. The summed E-state index contributed by atoms with van der Waals surface area (Å²) in [5, 5.41) is 0. The highest BCUT2D eigenvalue weighted by Crippen LogP contribution is 2.13. The van der Waals surface area contributed by atoms with Crippen molar-refractivity contribution in [3.05, 3.63) is 30.3 Å². The molecular weight excluding hydrogens is 206 g/mol. The van der Waals surface area contributed by atoms with Gasteiger partial charge in [0.25, 0.3) is 0 Å². The number of hydrogen-bond acceptors (Lipinski definition) is 2. The van der Waals surface area contributed by atoms with Gasteiger partial charge in [0.2, 0.25) is 5.91 Å². The van der Waals surface area contributed by atoms with Gasteiger partial charge in [0.1, 0.15) is 0 Å². The van der Waals surface area contributed by atoms with E-state index in [0.29, 0.717) is 12.3 Å². The van der Waals surface area contributed by atoms with Crippen LogP contribution in [0.1, 0.15) is 26.7 Å². The molecule has 0 radical (unpaired) electrons. The van der Waals surface area contributed by atoms with Crippen molar-refractivity contribution in [2.24, 2.45) is 5.92 Å². The second kappa shape index (κ2) is 6.51. The Morgan fingerprint density at radius 3 is 2.60 bits per heavy atom. The number of carbonyl (C=O) groups is 1. The zero-order valence-electron chi connectivity index (χ0n) is 9.19. The van der Waals surface area contributed by atoms with Crippen LogP contribution in [0.4, 0.5) is 0 Å². The summed E-state index contributed by atoms with van der Waals surface area (Å²) < 4.78 is 2.83. The van der Waals surface area contributed by atoms with Gasteiger partial charge < -0.3 is 0 Å². The van der Waals surface area contributed by atoms with Crippen LogP contribution in [0.5, 0.6) is 0 Å². The standard InChI is InChI=1S/C12H17NOS/c1-10(2)8-9-12(14)13-15-11-6-4-3-5-7-11/h3-7,10H,8-9H2,1-2H3,(H,13,14). The van der Waals surface area contributed by atoms with Crippen LogP contribution < -0.4 is 4.72 Å². The van der Waals surface area contributed by atoms with Gasteiger partial charge in [-0.3, -0.25) is 9.52 Å². The molecule has 0 aromatic heterocycles. The molecule has 0 saturated heterocycles. The van der Waals surface area contributed by atoms with Gasteiger partial charge in [-0.15, -0.1) is 0 Å². The van der Waals surface area contributed by atoms with E-state index in [-0.39, 0.29) is 5.91 Å². The summed E-state index contributed by atoms with van der Waals surface area (Å²) in [5.74, 6) is 0.690. The number of benzene rings is 1. The minimum atomic E-state index is 0.109. The zero-order chi connectivity index (χ0) is 11.1. The van der Waals surface area contributed by atoms with E-state index >= 15 is 0 Å². The molecule has 0 spiro atoms. The van der Waals surface area contributed by atoms with Crippen molar-refractivity contribution in [1.29, 1.82) is 0 Å². The lowest BCUT2D eigenvalue weighted by molar-refractivity contribution is -0.119. The van der Waals surface area contributed by atoms with Gasteiger partial charge in [0.15, 0.2) is 0 Å². The Labute approximate surface area is 95.6 Å². The Kier molecular flexibility index (Phi) is 5.26. The van der Waals surface area contributed by atoms with E-state index in [2.05, 4.69) is 18.6 Å². The summed E-state index contributed by atoms with van der Waals surface area (Å²) in [6.07, 6.45) is 1.55. The lowest BCUT2D eigenvalue weighted by Crippen LogP contribution is -2.15. The lowest BCUT2D eigenvalue weighted by Gasteiger charge is -2.05. The van der Waals surface area contributed by atoms with Gasteiger partial charge in [-0.1, -0.05) is 32.0 Å². The molecule has 0 aliphatic heterocycles. The van der Waals surface area contributed by atoms with E-state index in [1.807, 2.05) is 30.3 Å². The largest absolute Gasteiger partial charge is 0.296 e. The molecule has 3 heteroatoms. The Hall–Kier alpha value is -0.960. The van der Waals surface area contributed by atoms with E-state index in [1.54, 1.807) is 0 Å². The molecule has 2 nitrogen and oxygen atoms in total. The van der Waals surface area contributed by atoms with Crippen LogP contribution in [0.25, 0.3) is 0 Å². The highest BCUT2D eigenvalue weighted by atomic mass is 32.2. The average molecular weight is 223 g/mol. The minimum Gasteiger partial charge on any atom is -0.296 e. The summed E-state index contributed by atoms with van der Waals surface area (Å²) in [4.78, 5) is 12.5. The molecule has 1 aromatic carbocycles. The summed E-state index contributed by atoms with van der Waals surface area (Å²) >= 11 is 1.38. The normalized spacial score (nSPS) is 10.3. The van der Waals surface area contributed by atoms with Crippen LogP contribution in [0.3, 0.4) is 0 Å². The molecule has 1 N–H and O–H groups in total. The summed E-state index contributed by atoms with van der Waals surface area (Å²) in [6.45, 7) is 4.25. The highest BCUT2D eigenvalue weighted by Gasteiger charge is 2.03. The SMILES string of the molecule is CC(C)CCC(=O)NSc1ccccc1. The van der Waals surface area contributed by atoms with Crippen LogP contribution in [0, 0.1) is 5.92 Å². The summed E-state index contributed by atoms with van der Waals surface area (Å²) in [5.41, 5.74) is 0. The second-order valence-electron chi connectivity index (χ2n) is 3.87. The Bertz CT molecular complexity index is 298. The van der Waals surface area contributed by atoms with Gasteiger partial charge in [-0.05, 0) is 36.4 Å². The van der Waals surface area contributed by atoms with E-state index in [0.717, 1.165) is 11.3 Å². The molecule has 1 aromatic rings. The fourth-order valence-corrected chi connectivity index (χ4v) is 1.70. The van der Waals surface area contributed by atoms with Crippen LogP contribution >= 0.6 is 11.9 Å². The fourth-order valence-electron chi connectivity index (χ4n) is 1.08. The maximum absolute atomic E-state index is 11.4. The first kappa shape index (κ1) is 12.1. The Morgan fingerprint density at radius 2 is 2.00 bits per heavy atom. The van der Waals surface area contributed by atoms with Gasteiger partial charge in [0.05, 0.1) is 0 Å². The third-order valence-electron chi connectivity index (χ3n) is 1.97. The zero-order valence-corrected chi connectivity index (χ0v) is 10.0. The van der Waals surface area contributed by atoms with E-state index in [9.17, 15) is 4.79 Å². The topological polar surface area (TPSA) is 29.1 Å². The molecule has 0 bridgehead atoms. The smallest absolute Gasteiger partial charge is 0.230 e. The fraction of sp³-hybridized carbons (Fsp3) is 0.417. The first-order valence-corrected chi connectivity index (χ1v) is 6.01. The van der Waals surface area contributed by atoms with Crippen LogP contribution in [0.15, 0.2) is 35.2 Å². The van der Waals surface area contributed by atoms with Crippen LogP contribution in [-0.4, -0.2) is 5.91 Å². The summed E-state index contributed by atoms with van der Waals surface area (Å²) in [6, 6.07) is 9.84. The van der Waals surface area contributed by atoms with Gasteiger partial charge >= 0.3 is 0 Å². The van der Waals surface area contributed by atoms with Crippen molar-refractivity contribution >= 4 is 17.9 Å². The molecule has 0 saturated carbocycles. The number of carbonyl (C=O) groups excluding carboxylic acids is 1. The molecule has 0 heterocycles. The van der Waals surface area contributed by atoms with Gasteiger partial charge in [0, 0.05) is 11.3 Å². The summed E-state index contributed by atoms with van der Waals surface area (Å²) in [7, 11) is 0. The quantitative estimate of drug-likeness (QED) is 0.776. The van der Waals surface area contributed by atoms with E-state index in [4.69, 9.17) is 0 Å². The number of nitrogens with one attached hydrogen (secondary N) is 1. The van der Waals surface area contributed by atoms with Gasteiger partial charge in [-0.25, -0.2) is 0 Å². The van der Waals surface area contributed by atoms with E-state index < -0.39 is 0 Å². The second-order valence-corrected chi connectivity index (χ2v) is 4.75. The van der Waals surface area contributed by atoms with Crippen molar-refractivity contribution in [3.63, 3.8) is 0 Å². The van der Waals surface area contributed by atoms with Crippen LogP contribution in [0.2, 0.25) is 0 Å². The molecule has 0 fully saturated rings. The molecule has 1 amide bonds. The molecule has 0 unspecified atom stereocenters. The molecule has 0 aliphatic rings. The highest BCUT2D eigenvalue weighted by molar-refractivity contribution is 7.98. The van der Waals surface area contributed by atoms with Crippen molar-refractivity contribution in [1.82, 2.24) is 4.72 Å². The van der Waals surface area contributed by atoms with Crippen molar-refractivity contribution in [2.45, 2.75) is 31.6 Å². The van der Waals surface area contributed by atoms with Crippen LogP contribution in [-0.2, 0) is 4.79 Å². The maximum Gasteiger partial charge on any atom is 0.230 e. The Morgan fingerprint density at radius 1 is 1.33 bits per heavy atom. The third-order valence-corrected chi connectivity index (χ3v) is 2.81. The van der Waals surface area contributed by atoms with Crippen molar-refractivity contribution in [3.8, 4) is 0 Å².